The molecule has 46 heavy (non-hydrogen) atoms. The van der Waals surface area contributed by atoms with Crippen LogP contribution in [0.15, 0.2) is 47.4 Å². The standard InChI is InChI=1S/C32H39F3N4O7/c33-32(34,35)17-23(19-40)27(42)38-11-10-31(46,30(20-38)8-4-5-9-30)21-39-18-25(24(16-26(39)41)22-6-2-1-3-7-22)28(43)36-12-14-37(15-13-36)29(44)45/h1-3,6-7,16,18,23,40,46H,4-5,8-15,17,19-21H2,(H,44,45)/t23-,31+/m0/s1. The molecule has 250 valence electrons. The molecule has 5 rings (SSSR count). The van der Waals surface area contributed by atoms with Crippen LogP contribution in [0, 0.1) is 11.3 Å². The fraction of sp³-hybridized carbons (Fsp3) is 0.562. The van der Waals surface area contributed by atoms with Gasteiger partial charge in [-0.05, 0) is 24.8 Å². The monoisotopic (exact) mass is 648 g/mol. The molecule has 1 aromatic heterocycles. The fourth-order valence-corrected chi connectivity index (χ4v) is 7.33. The number of likely N-dealkylation sites (tertiary alicyclic amines) is 1. The Kier molecular flexibility index (Phi) is 9.50. The van der Waals surface area contributed by atoms with Gasteiger partial charge in [0, 0.05) is 62.5 Å². The average Bonchev–Trinajstić information content (AvgIpc) is 3.51. The van der Waals surface area contributed by atoms with Gasteiger partial charge in [-0.15, -0.1) is 0 Å². The Bertz CT molecular complexity index is 1500. The molecule has 11 nitrogen and oxygen atoms in total. The molecule has 1 aromatic carbocycles. The van der Waals surface area contributed by atoms with Crippen LogP contribution in [0.1, 0.15) is 48.9 Å². The number of carboxylic acid groups (broad SMARTS) is 1. The molecule has 2 aromatic rings. The fourth-order valence-electron chi connectivity index (χ4n) is 7.33. The highest BCUT2D eigenvalue weighted by atomic mass is 19.4. The molecule has 0 radical (unpaired) electrons. The minimum Gasteiger partial charge on any atom is -0.465 e. The van der Waals surface area contributed by atoms with Gasteiger partial charge in [0.25, 0.3) is 11.5 Å². The number of hydrogen-bond acceptors (Lipinski definition) is 6. The van der Waals surface area contributed by atoms with E-state index in [-0.39, 0.29) is 63.7 Å². The number of pyridine rings is 1. The summed E-state index contributed by atoms with van der Waals surface area (Å²) in [4.78, 5) is 56.1. The lowest BCUT2D eigenvalue weighted by atomic mass is 9.65. The number of hydrogen-bond donors (Lipinski definition) is 3. The number of piperidine rings is 1. The predicted octanol–water partition coefficient (Wildman–Crippen LogP) is 3.04. The summed E-state index contributed by atoms with van der Waals surface area (Å²) in [5, 5.41) is 31.2. The van der Waals surface area contributed by atoms with Gasteiger partial charge >= 0.3 is 12.3 Å². The Morgan fingerprint density at radius 1 is 0.913 bits per heavy atom. The Morgan fingerprint density at radius 3 is 2.13 bits per heavy atom. The molecule has 2 aliphatic heterocycles. The Labute approximate surface area is 263 Å². The van der Waals surface area contributed by atoms with Gasteiger partial charge in [0.05, 0.1) is 36.7 Å². The van der Waals surface area contributed by atoms with E-state index in [4.69, 9.17) is 0 Å². The van der Waals surface area contributed by atoms with Crippen LogP contribution in [-0.4, -0.2) is 110 Å². The molecule has 2 atom stereocenters. The Hall–Kier alpha value is -3.91. The van der Waals surface area contributed by atoms with Gasteiger partial charge in [0.2, 0.25) is 5.91 Å². The van der Waals surface area contributed by atoms with Gasteiger partial charge in [-0.2, -0.15) is 13.2 Å². The molecule has 1 aliphatic carbocycles. The van der Waals surface area contributed by atoms with Gasteiger partial charge in [-0.3, -0.25) is 14.4 Å². The minimum atomic E-state index is -4.63. The van der Waals surface area contributed by atoms with Crippen molar-refractivity contribution in [2.45, 2.75) is 56.8 Å². The highest BCUT2D eigenvalue weighted by Crippen LogP contribution is 2.52. The molecular formula is C32H39F3N4O7. The number of carbonyl (C=O) groups is 3. The number of aliphatic hydroxyl groups is 2. The second-order valence-electron chi connectivity index (χ2n) is 12.7. The number of alkyl halides is 3. The maximum absolute atomic E-state index is 13.9. The smallest absolute Gasteiger partial charge is 0.407 e. The average molecular weight is 649 g/mol. The first-order chi connectivity index (χ1) is 21.8. The Morgan fingerprint density at radius 2 is 1.54 bits per heavy atom. The number of aliphatic hydroxyl groups excluding tert-OH is 1. The van der Waals surface area contributed by atoms with Crippen molar-refractivity contribution in [1.29, 1.82) is 0 Å². The normalized spacial score (nSPS) is 22.2. The first-order valence-electron chi connectivity index (χ1n) is 15.5. The highest BCUT2D eigenvalue weighted by molar-refractivity contribution is 6.00. The van der Waals surface area contributed by atoms with E-state index >= 15 is 0 Å². The lowest BCUT2D eigenvalue weighted by Crippen LogP contribution is -2.62. The number of piperazine rings is 1. The van der Waals surface area contributed by atoms with Crippen LogP contribution < -0.4 is 5.56 Å². The van der Waals surface area contributed by atoms with E-state index in [0.717, 1.165) is 12.8 Å². The molecule has 2 saturated heterocycles. The second-order valence-corrected chi connectivity index (χ2v) is 12.7. The number of aromatic nitrogens is 1. The van der Waals surface area contributed by atoms with E-state index in [0.29, 0.717) is 24.0 Å². The van der Waals surface area contributed by atoms with Crippen LogP contribution in [0.4, 0.5) is 18.0 Å². The maximum atomic E-state index is 13.9. The van der Waals surface area contributed by atoms with Crippen molar-refractivity contribution >= 4 is 17.9 Å². The third-order valence-electron chi connectivity index (χ3n) is 9.91. The number of amides is 3. The zero-order valence-electron chi connectivity index (χ0n) is 25.4. The number of halogens is 3. The molecule has 3 aliphatic rings. The highest BCUT2D eigenvalue weighted by Gasteiger charge is 2.56. The van der Waals surface area contributed by atoms with E-state index in [1.807, 2.05) is 0 Å². The molecule has 3 fully saturated rings. The third-order valence-corrected chi connectivity index (χ3v) is 9.91. The van der Waals surface area contributed by atoms with E-state index in [1.54, 1.807) is 30.3 Å². The molecule has 1 saturated carbocycles. The first-order valence-corrected chi connectivity index (χ1v) is 15.5. The quantitative estimate of drug-likeness (QED) is 0.419. The van der Waals surface area contributed by atoms with Gasteiger partial charge in [-0.25, -0.2) is 4.79 Å². The predicted molar refractivity (Wildman–Crippen MR) is 160 cm³/mol. The molecular weight excluding hydrogens is 609 g/mol. The summed E-state index contributed by atoms with van der Waals surface area (Å²) in [7, 11) is 0. The van der Waals surface area contributed by atoms with Crippen molar-refractivity contribution in [3.8, 4) is 11.1 Å². The van der Waals surface area contributed by atoms with Crippen molar-refractivity contribution in [3.63, 3.8) is 0 Å². The number of benzene rings is 1. The third kappa shape index (κ3) is 6.77. The number of nitrogens with zero attached hydrogens (tertiary/aromatic N) is 4. The number of carbonyl (C=O) groups excluding carboxylic acids is 2. The van der Waals surface area contributed by atoms with Gasteiger partial charge in [0.15, 0.2) is 0 Å². The summed E-state index contributed by atoms with van der Waals surface area (Å²) < 4.78 is 40.6. The lowest BCUT2D eigenvalue weighted by Gasteiger charge is -2.53. The lowest BCUT2D eigenvalue weighted by molar-refractivity contribution is -0.175. The first kappa shape index (κ1) is 33.5. The van der Waals surface area contributed by atoms with Crippen LogP contribution in [0.5, 0.6) is 0 Å². The molecule has 3 heterocycles. The van der Waals surface area contributed by atoms with Crippen LogP contribution in [0.2, 0.25) is 0 Å². The van der Waals surface area contributed by atoms with Crippen LogP contribution in [0.3, 0.4) is 0 Å². The van der Waals surface area contributed by atoms with Crippen molar-refractivity contribution < 1.29 is 42.9 Å². The van der Waals surface area contributed by atoms with Crippen LogP contribution in [0.25, 0.3) is 11.1 Å². The van der Waals surface area contributed by atoms with Crippen molar-refractivity contribution in [2.75, 3.05) is 45.9 Å². The largest absolute Gasteiger partial charge is 0.465 e. The Balaban J connectivity index is 1.45. The molecule has 0 unspecified atom stereocenters. The van der Waals surface area contributed by atoms with Gasteiger partial charge in [0.1, 0.15) is 0 Å². The maximum Gasteiger partial charge on any atom is 0.407 e. The van der Waals surface area contributed by atoms with Crippen molar-refractivity contribution in [1.82, 2.24) is 19.3 Å². The van der Waals surface area contributed by atoms with Gasteiger partial charge in [-0.1, -0.05) is 43.2 Å². The van der Waals surface area contributed by atoms with Gasteiger partial charge < -0.3 is 34.6 Å². The zero-order chi connectivity index (χ0) is 33.3. The molecule has 14 heteroatoms. The molecule has 3 N–H and O–H groups in total. The topological polar surface area (TPSA) is 144 Å². The SMILES string of the molecule is O=C(O)N1CCN(C(=O)c2cn(C[C@]3(O)CCN(C(=O)[C@H](CO)CC(F)(F)F)CC34CCCC4)c(=O)cc2-c2ccccc2)CC1. The van der Waals surface area contributed by atoms with Crippen molar-refractivity contribution in [3.05, 3.63) is 58.5 Å². The molecule has 0 bridgehead atoms. The van der Waals surface area contributed by atoms with Crippen molar-refractivity contribution in [2.24, 2.45) is 11.3 Å². The minimum absolute atomic E-state index is 0.00376. The van der Waals surface area contributed by atoms with E-state index < -0.39 is 53.7 Å². The summed E-state index contributed by atoms with van der Waals surface area (Å²) in [6, 6.07) is 10.2. The summed E-state index contributed by atoms with van der Waals surface area (Å²) >= 11 is 0. The van der Waals surface area contributed by atoms with E-state index in [2.05, 4.69) is 0 Å². The zero-order valence-corrected chi connectivity index (χ0v) is 25.4. The number of rotatable bonds is 7. The molecule has 3 amide bonds. The molecule has 1 spiro atoms. The summed E-state index contributed by atoms with van der Waals surface area (Å²) in [6.45, 7) is -0.594. The summed E-state index contributed by atoms with van der Waals surface area (Å²) in [5.41, 5.74) is -1.62. The van der Waals surface area contributed by atoms with E-state index in [9.17, 15) is 47.7 Å². The second kappa shape index (κ2) is 13.1. The van der Waals surface area contributed by atoms with Crippen LogP contribution in [-0.2, 0) is 11.3 Å². The van der Waals surface area contributed by atoms with E-state index in [1.165, 1.54) is 31.5 Å². The summed E-state index contributed by atoms with van der Waals surface area (Å²) in [6.07, 6.45) is -3.28. The van der Waals surface area contributed by atoms with Crippen LogP contribution >= 0.6 is 0 Å². The summed E-state index contributed by atoms with van der Waals surface area (Å²) in [5.74, 6) is -2.84.